The van der Waals surface area contributed by atoms with E-state index in [2.05, 4.69) is 17.0 Å². The quantitative estimate of drug-likeness (QED) is 0.106. The molecule has 0 aromatic carbocycles. The second-order valence-corrected chi connectivity index (χ2v) is 5.77. The predicted octanol–water partition coefficient (Wildman–Crippen LogP) is 0.534. The van der Waals surface area contributed by atoms with E-state index < -0.39 is 24.1 Å². The lowest BCUT2D eigenvalue weighted by Crippen LogP contribution is -2.23. The van der Waals surface area contributed by atoms with E-state index >= 15 is 0 Å². The molecule has 28 heavy (non-hydrogen) atoms. The molecule has 0 amide bonds. The van der Waals surface area contributed by atoms with Gasteiger partial charge in [-0.05, 0) is 18.7 Å². The molecule has 9 heteroatoms. The maximum atomic E-state index is 11.0. The molecule has 0 spiro atoms. The highest BCUT2D eigenvalue weighted by Gasteiger charge is 2.08. The lowest BCUT2D eigenvalue weighted by Gasteiger charge is -2.11. The van der Waals surface area contributed by atoms with Gasteiger partial charge in [-0.2, -0.15) is 0 Å². The van der Waals surface area contributed by atoms with E-state index in [1.54, 1.807) is 5.87 Å². The molecule has 0 saturated carbocycles. The van der Waals surface area contributed by atoms with Crippen molar-refractivity contribution in [2.24, 2.45) is 0 Å². The van der Waals surface area contributed by atoms with E-state index in [0.717, 1.165) is 37.8 Å². The zero-order valence-electron chi connectivity index (χ0n) is 15.9. The molecule has 0 aromatic rings. The first kappa shape index (κ1) is 25.8. The SMILES string of the molecule is C=C=CC(=O)OCC(O)COCCCCCCOCC(O)COC(=O)C=C=N. The average Bonchev–Trinajstić information content (AvgIpc) is 2.66. The van der Waals surface area contributed by atoms with Crippen LogP contribution in [0.25, 0.3) is 0 Å². The van der Waals surface area contributed by atoms with Crippen LogP contribution in [0, 0.1) is 5.41 Å². The third-order valence-electron chi connectivity index (χ3n) is 3.19. The molecule has 2 unspecified atom stereocenters. The van der Waals surface area contributed by atoms with Gasteiger partial charge in [-0.25, -0.2) is 9.59 Å². The Balaban J connectivity index is 3.41. The smallest absolute Gasteiger partial charge is 0.340 e. The van der Waals surface area contributed by atoms with Gasteiger partial charge in [-0.3, -0.25) is 5.41 Å². The number of carbonyl (C=O) groups is 2. The van der Waals surface area contributed by atoms with E-state index in [-0.39, 0.29) is 26.4 Å². The van der Waals surface area contributed by atoms with E-state index in [0.29, 0.717) is 13.2 Å². The molecular formula is C19H29NO8. The summed E-state index contributed by atoms with van der Waals surface area (Å²) in [5.41, 5.74) is 2.28. The molecule has 2 atom stereocenters. The van der Waals surface area contributed by atoms with Gasteiger partial charge < -0.3 is 29.2 Å². The van der Waals surface area contributed by atoms with Crippen LogP contribution in [-0.2, 0) is 28.5 Å². The summed E-state index contributed by atoms with van der Waals surface area (Å²) in [4.78, 5) is 21.9. The van der Waals surface area contributed by atoms with Crippen LogP contribution in [-0.4, -0.2) is 79.9 Å². The molecule has 0 radical (unpaired) electrons. The minimum absolute atomic E-state index is 0.0652. The van der Waals surface area contributed by atoms with Gasteiger partial charge in [0, 0.05) is 13.2 Å². The summed E-state index contributed by atoms with van der Waals surface area (Å²) in [5, 5.41) is 25.7. The van der Waals surface area contributed by atoms with Crippen molar-refractivity contribution < 1.29 is 38.7 Å². The van der Waals surface area contributed by atoms with Gasteiger partial charge in [-0.1, -0.05) is 19.4 Å². The normalized spacial score (nSPS) is 12.2. The third kappa shape index (κ3) is 17.2. The van der Waals surface area contributed by atoms with Crippen molar-refractivity contribution in [1.29, 1.82) is 5.41 Å². The molecule has 0 fully saturated rings. The minimum Gasteiger partial charge on any atom is -0.459 e. The lowest BCUT2D eigenvalue weighted by molar-refractivity contribution is -0.142. The highest BCUT2D eigenvalue weighted by atomic mass is 16.6. The zero-order chi connectivity index (χ0) is 21.0. The molecule has 0 rings (SSSR count). The van der Waals surface area contributed by atoms with E-state index in [1.165, 1.54) is 0 Å². The fourth-order valence-corrected chi connectivity index (χ4v) is 1.88. The maximum Gasteiger partial charge on any atom is 0.340 e. The Morgan fingerprint density at radius 3 is 1.75 bits per heavy atom. The van der Waals surface area contributed by atoms with Crippen molar-refractivity contribution in [2.75, 3.05) is 39.6 Å². The number of aliphatic hydroxyl groups excluding tert-OH is 2. The second kappa shape index (κ2) is 18.1. The third-order valence-corrected chi connectivity index (χ3v) is 3.19. The Morgan fingerprint density at radius 1 is 0.857 bits per heavy atom. The Hall–Kier alpha value is -2.25. The number of hydrogen-bond acceptors (Lipinski definition) is 9. The van der Waals surface area contributed by atoms with Crippen LogP contribution in [0.1, 0.15) is 25.7 Å². The van der Waals surface area contributed by atoms with E-state index in [9.17, 15) is 19.8 Å². The van der Waals surface area contributed by atoms with Crippen molar-refractivity contribution >= 4 is 17.8 Å². The van der Waals surface area contributed by atoms with Crippen molar-refractivity contribution in [1.82, 2.24) is 0 Å². The Kier molecular flexibility index (Phi) is 16.7. The zero-order valence-corrected chi connectivity index (χ0v) is 15.9. The molecule has 0 bridgehead atoms. The summed E-state index contributed by atoms with van der Waals surface area (Å²) in [7, 11) is 0. The molecule has 0 aliphatic rings. The Bertz CT molecular complexity index is 490. The molecule has 158 valence electrons. The van der Waals surface area contributed by atoms with Crippen molar-refractivity contribution in [3.63, 3.8) is 0 Å². The first-order chi connectivity index (χ1) is 13.5. The lowest BCUT2D eigenvalue weighted by atomic mass is 10.2. The number of nitrogens with one attached hydrogen (secondary N) is 1. The number of carbonyl (C=O) groups excluding carboxylic acids is 2. The van der Waals surface area contributed by atoms with Crippen LogP contribution in [0.5, 0.6) is 0 Å². The number of esters is 2. The van der Waals surface area contributed by atoms with Gasteiger partial charge in [0.25, 0.3) is 0 Å². The van der Waals surface area contributed by atoms with Crippen LogP contribution in [0.3, 0.4) is 0 Å². The van der Waals surface area contributed by atoms with Gasteiger partial charge >= 0.3 is 11.9 Å². The van der Waals surface area contributed by atoms with E-state index in [1.807, 2.05) is 0 Å². The summed E-state index contributed by atoms with van der Waals surface area (Å²) in [5.74, 6) is 0.454. The van der Waals surface area contributed by atoms with Crippen molar-refractivity contribution in [2.45, 2.75) is 37.9 Å². The number of unbranched alkanes of at least 4 members (excludes halogenated alkanes) is 3. The Morgan fingerprint density at radius 2 is 1.32 bits per heavy atom. The van der Waals surface area contributed by atoms with Crippen molar-refractivity contribution in [3.8, 4) is 0 Å². The molecule has 0 aliphatic carbocycles. The number of aliphatic hydroxyl groups is 2. The largest absolute Gasteiger partial charge is 0.459 e. The second-order valence-electron chi connectivity index (χ2n) is 5.77. The molecule has 0 saturated heterocycles. The van der Waals surface area contributed by atoms with Crippen LogP contribution in [0.15, 0.2) is 24.5 Å². The van der Waals surface area contributed by atoms with Gasteiger partial charge in [0.1, 0.15) is 25.4 Å². The van der Waals surface area contributed by atoms with Crippen LogP contribution in [0.4, 0.5) is 0 Å². The topological polar surface area (TPSA) is 135 Å². The minimum atomic E-state index is -0.907. The van der Waals surface area contributed by atoms with E-state index in [4.69, 9.17) is 19.6 Å². The standard InChI is InChI=1S/C19H29NO8/c1-2-7-18(23)27-14-16(21)12-25-10-5-3-4-6-11-26-13-17(22)15-28-19(24)8-9-20/h7-8,16-17,20-22H,1,3-6,10-15H2. The van der Waals surface area contributed by atoms with Gasteiger partial charge in [0.2, 0.25) is 0 Å². The maximum absolute atomic E-state index is 11.0. The summed E-state index contributed by atoms with van der Waals surface area (Å²) in [6.07, 6.45) is 3.58. The van der Waals surface area contributed by atoms with Gasteiger partial charge in [0.15, 0.2) is 0 Å². The molecule has 0 aliphatic heterocycles. The number of ether oxygens (including phenoxy) is 4. The molecular weight excluding hydrogens is 370 g/mol. The summed E-state index contributed by atoms with van der Waals surface area (Å²) >= 11 is 0. The Labute approximate surface area is 164 Å². The number of rotatable bonds is 17. The summed E-state index contributed by atoms with van der Waals surface area (Å²) in [6, 6.07) is 0. The summed E-state index contributed by atoms with van der Waals surface area (Å²) < 4.78 is 20.0. The molecule has 9 nitrogen and oxygen atoms in total. The van der Waals surface area contributed by atoms with Crippen LogP contribution < -0.4 is 0 Å². The first-order valence-corrected chi connectivity index (χ1v) is 8.96. The summed E-state index contributed by atoms with van der Waals surface area (Å²) in [6.45, 7) is 4.04. The highest BCUT2D eigenvalue weighted by Crippen LogP contribution is 2.02. The number of hydrogen-bond donors (Lipinski definition) is 3. The predicted molar refractivity (Wildman–Crippen MR) is 100 cm³/mol. The van der Waals surface area contributed by atoms with Gasteiger partial charge in [-0.15, -0.1) is 5.73 Å². The first-order valence-electron chi connectivity index (χ1n) is 8.96. The monoisotopic (exact) mass is 399 g/mol. The fraction of sp³-hybridized carbons (Fsp3) is 0.632. The molecule has 0 heterocycles. The fourth-order valence-electron chi connectivity index (χ4n) is 1.88. The van der Waals surface area contributed by atoms with Crippen LogP contribution in [0.2, 0.25) is 0 Å². The molecule has 0 aromatic heterocycles. The average molecular weight is 399 g/mol. The van der Waals surface area contributed by atoms with Crippen LogP contribution >= 0.6 is 0 Å². The highest BCUT2D eigenvalue weighted by molar-refractivity contribution is 5.90. The van der Waals surface area contributed by atoms with Gasteiger partial charge in [0.05, 0.1) is 25.4 Å². The van der Waals surface area contributed by atoms with Crippen molar-refractivity contribution in [3.05, 3.63) is 24.5 Å². The molecule has 3 N–H and O–H groups in total.